The SMILES string of the molecule is COCCN(c1cc([C@@H](C)N)ccn1)C(C)COC. The molecule has 0 saturated heterocycles. The molecule has 0 aliphatic rings. The second kappa shape index (κ2) is 8.09. The lowest BCUT2D eigenvalue weighted by atomic mass is 10.1. The fourth-order valence-corrected chi connectivity index (χ4v) is 1.96. The van der Waals surface area contributed by atoms with E-state index in [4.69, 9.17) is 15.2 Å². The fourth-order valence-electron chi connectivity index (χ4n) is 1.96. The van der Waals surface area contributed by atoms with Crippen LogP contribution in [0.5, 0.6) is 0 Å². The van der Waals surface area contributed by atoms with Gasteiger partial charge in [0.25, 0.3) is 0 Å². The first-order valence-corrected chi connectivity index (χ1v) is 6.56. The van der Waals surface area contributed by atoms with E-state index in [1.807, 2.05) is 19.1 Å². The summed E-state index contributed by atoms with van der Waals surface area (Å²) in [6, 6.07) is 4.22. The monoisotopic (exact) mass is 267 g/mol. The van der Waals surface area contributed by atoms with Gasteiger partial charge in [-0.2, -0.15) is 0 Å². The molecule has 0 fully saturated rings. The third-order valence-electron chi connectivity index (χ3n) is 3.07. The lowest BCUT2D eigenvalue weighted by Gasteiger charge is -2.30. The third kappa shape index (κ3) is 4.78. The van der Waals surface area contributed by atoms with Gasteiger partial charge in [0.2, 0.25) is 0 Å². The molecule has 2 N–H and O–H groups in total. The molecule has 2 atom stereocenters. The Kier molecular flexibility index (Phi) is 6.77. The topological polar surface area (TPSA) is 60.6 Å². The summed E-state index contributed by atoms with van der Waals surface area (Å²) in [7, 11) is 3.40. The molecule has 1 aromatic rings. The molecule has 0 saturated carbocycles. The molecule has 0 aromatic carbocycles. The molecule has 1 rings (SSSR count). The van der Waals surface area contributed by atoms with Gasteiger partial charge in [-0.25, -0.2) is 4.98 Å². The molecule has 5 nitrogen and oxygen atoms in total. The largest absolute Gasteiger partial charge is 0.383 e. The van der Waals surface area contributed by atoms with Crippen LogP contribution in [-0.4, -0.2) is 45.0 Å². The molecule has 108 valence electrons. The average molecular weight is 267 g/mol. The summed E-state index contributed by atoms with van der Waals surface area (Å²) >= 11 is 0. The number of rotatable bonds is 8. The molecule has 1 unspecified atom stereocenters. The average Bonchev–Trinajstić information content (AvgIpc) is 2.40. The first kappa shape index (κ1) is 15.9. The van der Waals surface area contributed by atoms with E-state index < -0.39 is 0 Å². The zero-order valence-electron chi connectivity index (χ0n) is 12.3. The number of methoxy groups -OCH3 is 2. The van der Waals surface area contributed by atoms with Gasteiger partial charge in [-0.15, -0.1) is 0 Å². The van der Waals surface area contributed by atoms with E-state index in [0.29, 0.717) is 13.2 Å². The van der Waals surface area contributed by atoms with Crippen molar-refractivity contribution < 1.29 is 9.47 Å². The van der Waals surface area contributed by atoms with E-state index in [0.717, 1.165) is 17.9 Å². The number of ether oxygens (including phenoxy) is 2. The molecule has 0 radical (unpaired) electrons. The van der Waals surface area contributed by atoms with Crippen LogP contribution < -0.4 is 10.6 Å². The summed E-state index contributed by atoms with van der Waals surface area (Å²) in [5, 5.41) is 0. The predicted molar refractivity (Wildman–Crippen MR) is 77.4 cm³/mol. The summed E-state index contributed by atoms with van der Waals surface area (Å²) in [5.41, 5.74) is 7.00. The Balaban J connectivity index is 2.92. The van der Waals surface area contributed by atoms with E-state index in [1.165, 1.54) is 0 Å². The minimum absolute atomic E-state index is 0.00348. The van der Waals surface area contributed by atoms with Crippen LogP contribution in [0.2, 0.25) is 0 Å². The molecule has 0 spiro atoms. The Hall–Kier alpha value is -1.17. The molecule has 0 aliphatic carbocycles. The number of hydrogen-bond acceptors (Lipinski definition) is 5. The number of nitrogens with two attached hydrogens (primary N) is 1. The molecule has 19 heavy (non-hydrogen) atoms. The van der Waals surface area contributed by atoms with Gasteiger partial charge >= 0.3 is 0 Å². The zero-order valence-corrected chi connectivity index (χ0v) is 12.3. The molecule has 1 aromatic heterocycles. The minimum atomic E-state index is 0.00348. The maximum atomic E-state index is 5.92. The van der Waals surface area contributed by atoms with Gasteiger partial charge in [0.05, 0.1) is 19.3 Å². The Morgan fingerprint density at radius 1 is 1.32 bits per heavy atom. The Morgan fingerprint density at radius 3 is 2.63 bits per heavy atom. The Labute approximate surface area is 115 Å². The van der Waals surface area contributed by atoms with Crippen molar-refractivity contribution in [3.63, 3.8) is 0 Å². The first-order chi connectivity index (χ1) is 9.10. The van der Waals surface area contributed by atoms with E-state index >= 15 is 0 Å². The summed E-state index contributed by atoms with van der Waals surface area (Å²) < 4.78 is 10.4. The van der Waals surface area contributed by atoms with E-state index in [-0.39, 0.29) is 12.1 Å². The van der Waals surface area contributed by atoms with Crippen LogP contribution in [0.15, 0.2) is 18.3 Å². The van der Waals surface area contributed by atoms with Gasteiger partial charge < -0.3 is 20.1 Å². The Morgan fingerprint density at radius 2 is 2.05 bits per heavy atom. The smallest absolute Gasteiger partial charge is 0.129 e. The molecule has 0 amide bonds. The quantitative estimate of drug-likeness (QED) is 0.775. The lowest BCUT2D eigenvalue weighted by molar-refractivity contribution is 0.170. The van der Waals surface area contributed by atoms with Crippen LogP contribution in [0.1, 0.15) is 25.5 Å². The standard InChI is InChI=1S/C14H25N3O2/c1-11(10-19-4)17(7-8-18-3)14-9-13(12(2)15)5-6-16-14/h5-6,9,11-12H,7-8,10,15H2,1-4H3/t11?,12-/m1/s1. The van der Waals surface area contributed by atoms with Crippen molar-refractivity contribution in [2.75, 3.05) is 38.9 Å². The molecule has 0 bridgehead atoms. The highest BCUT2D eigenvalue weighted by Crippen LogP contribution is 2.18. The van der Waals surface area contributed by atoms with E-state index in [1.54, 1.807) is 20.4 Å². The summed E-state index contributed by atoms with van der Waals surface area (Å²) in [4.78, 5) is 6.62. The lowest BCUT2D eigenvalue weighted by Crippen LogP contribution is -2.39. The summed E-state index contributed by atoms with van der Waals surface area (Å²) in [6.07, 6.45) is 1.80. The number of nitrogens with zero attached hydrogens (tertiary/aromatic N) is 2. The molecular formula is C14H25N3O2. The first-order valence-electron chi connectivity index (χ1n) is 6.56. The summed E-state index contributed by atoms with van der Waals surface area (Å²) in [5.74, 6) is 0.913. The van der Waals surface area contributed by atoms with Crippen LogP contribution in [0.4, 0.5) is 5.82 Å². The second-order valence-electron chi connectivity index (χ2n) is 4.73. The fraction of sp³-hybridized carbons (Fsp3) is 0.643. The summed E-state index contributed by atoms with van der Waals surface area (Å²) in [6.45, 7) is 6.15. The van der Waals surface area contributed by atoms with Crippen LogP contribution in [0.25, 0.3) is 0 Å². The highest BCUT2D eigenvalue weighted by atomic mass is 16.5. The van der Waals surface area contributed by atoms with Crippen LogP contribution in [-0.2, 0) is 9.47 Å². The number of anilines is 1. The zero-order chi connectivity index (χ0) is 14.3. The molecular weight excluding hydrogens is 242 g/mol. The van der Waals surface area contributed by atoms with Gasteiger partial charge in [-0.3, -0.25) is 0 Å². The number of aromatic nitrogens is 1. The number of pyridine rings is 1. The molecule has 5 heteroatoms. The van der Waals surface area contributed by atoms with Gasteiger partial charge in [0.1, 0.15) is 5.82 Å². The predicted octanol–water partition coefficient (Wildman–Crippen LogP) is 1.59. The van der Waals surface area contributed by atoms with Crippen molar-refractivity contribution in [2.45, 2.75) is 25.9 Å². The van der Waals surface area contributed by atoms with Crippen molar-refractivity contribution in [3.8, 4) is 0 Å². The van der Waals surface area contributed by atoms with Crippen molar-refractivity contribution >= 4 is 5.82 Å². The second-order valence-corrected chi connectivity index (χ2v) is 4.73. The van der Waals surface area contributed by atoms with E-state index in [9.17, 15) is 0 Å². The van der Waals surface area contributed by atoms with Gasteiger partial charge in [0.15, 0.2) is 0 Å². The van der Waals surface area contributed by atoms with E-state index in [2.05, 4.69) is 16.8 Å². The van der Waals surface area contributed by atoms with Crippen LogP contribution in [0.3, 0.4) is 0 Å². The maximum absolute atomic E-state index is 5.92. The van der Waals surface area contributed by atoms with Crippen molar-refractivity contribution in [2.24, 2.45) is 5.73 Å². The highest BCUT2D eigenvalue weighted by Gasteiger charge is 2.16. The third-order valence-corrected chi connectivity index (χ3v) is 3.07. The van der Waals surface area contributed by atoms with Gasteiger partial charge in [-0.05, 0) is 31.5 Å². The van der Waals surface area contributed by atoms with Crippen molar-refractivity contribution in [3.05, 3.63) is 23.9 Å². The van der Waals surface area contributed by atoms with Gasteiger partial charge in [-0.1, -0.05) is 0 Å². The Bertz CT molecular complexity index is 371. The van der Waals surface area contributed by atoms with Crippen LogP contribution >= 0.6 is 0 Å². The van der Waals surface area contributed by atoms with Gasteiger partial charge in [0, 0.05) is 33.0 Å². The van der Waals surface area contributed by atoms with Crippen LogP contribution in [0, 0.1) is 0 Å². The molecule has 0 aliphatic heterocycles. The van der Waals surface area contributed by atoms with Crippen molar-refractivity contribution in [1.29, 1.82) is 0 Å². The maximum Gasteiger partial charge on any atom is 0.129 e. The van der Waals surface area contributed by atoms with Crippen molar-refractivity contribution in [1.82, 2.24) is 4.98 Å². The number of hydrogen-bond donors (Lipinski definition) is 1. The normalized spacial score (nSPS) is 14.2. The highest BCUT2D eigenvalue weighted by molar-refractivity contribution is 5.42. The minimum Gasteiger partial charge on any atom is -0.383 e. The molecule has 1 heterocycles.